The number of ether oxygens (including phenoxy) is 1. The van der Waals surface area contributed by atoms with E-state index in [2.05, 4.69) is 17.2 Å². The second kappa shape index (κ2) is 12.9. The molecule has 2 aromatic carbocycles. The number of amides is 3. The Morgan fingerprint density at radius 2 is 1.78 bits per heavy atom. The van der Waals surface area contributed by atoms with Crippen molar-refractivity contribution in [1.82, 2.24) is 10.2 Å². The molecule has 0 bridgehead atoms. The number of aryl methyl sites for hydroxylation is 1. The molecule has 0 aliphatic carbocycles. The molecule has 3 amide bonds. The number of alkyl carbamates (subject to hydrolysis) is 1. The van der Waals surface area contributed by atoms with Crippen LogP contribution in [0.3, 0.4) is 0 Å². The van der Waals surface area contributed by atoms with Gasteiger partial charge in [0.15, 0.2) is 0 Å². The van der Waals surface area contributed by atoms with Crippen molar-refractivity contribution in [2.75, 3.05) is 11.9 Å². The Hall–Kier alpha value is -3.81. The Morgan fingerprint density at radius 1 is 1.11 bits per heavy atom. The maximum Gasteiger partial charge on any atom is 0.408 e. The lowest BCUT2D eigenvalue weighted by Crippen LogP contribution is -2.52. The van der Waals surface area contributed by atoms with Gasteiger partial charge in [0, 0.05) is 12.2 Å². The fourth-order valence-electron chi connectivity index (χ4n) is 3.89. The molecule has 37 heavy (non-hydrogen) atoms. The number of phenols is 1. The van der Waals surface area contributed by atoms with Crippen LogP contribution < -0.4 is 10.6 Å². The average molecular weight is 510 g/mol. The zero-order valence-electron chi connectivity index (χ0n) is 22.6. The van der Waals surface area contributed by atoms with Crippen LogP contribution >= 0.6 is 0 Å². The Balaban J connectivity index is 2.51. The van der Waals surface area contributed by atoms with E-state index in [0.717, 1.165) is 5.56 Å². The van der Waals surface area contributed by atoms with Crippen LogP contribution in [0.1, 0.15) is 58.2 Å². The number of phenolic OH excluding ortho intramolecular Hbond substituents is 1. The first-order chi connectivity index (χ1) is 17.3. The van der Waals surface area contributed by atoms with E-state index in [0.29, 0.717) is 17.7 Å². The number of nitrogens with zero attached hydrogens (tertiary/aromatic N) is 1. The molecule has 0 saturated heterocycles. The van der Waals surface area contributed by atoms with Gasteiger partial charge >= 0.3 is 6.09 Å². The molecule has 0 radical (unpaired) electrons. The summed E-state index contributed by atoms with van der Waals surface area (Å²) in [4.78, 5) is 41.6. The van der Waals surface area contributed by atoms with Crippen LogP contribution in [0.4, 0.5) is 10.5 Å². The standard InChI is InChI=1S/C29H39N3O5/c1-8-16-32(27(35)24(17-19(2)3)31-28(36)37-29(5,6)7)25(21-13-11-14-22(33)18-21)26(34)30-23-15-10-9-12-20(23)4/h8-15,18-19,24-25,33H,1,16-17H2,2-7H3,(H,30,34)(H,31,36). The normalized spacial score (nSPS) is 12.8. The SMILES string of the molecule is C=CCN(C(=O)C(CC(C)C)NC(=O)OC(C)(C)C)C(C(=O)Nc1ccccc1C)c1cccc(O)c1. The topological polar surface area (TPSA) is 108 Å². The summed E-state index contributed by atoms with van der Waals surface area (Å²) < 4.78 is 5.39. The summed E-state index contributed by atoms with van der Waals surface area (Å²) in [5.41, 5.74) is 1.14. The van der Waals surface area contributed by atoms with Gasteiger partial charge < -0.3 is 25.4 Å². The largest absolute Gasteiger partial charge is 0.508 e. The Bertz CT molecular complexity index is 1110. The van der Waals surface area contributed by atoms with Crippen molar-refractivity contribution in [2.24, 2.45) is 5.92 Å². The maximum absolute atomic E-state index is 14.0. The Morgan fingerprint density at radius 3 is 2.35 bits per heavy atom. The molecule has 0 aliphatic heterocycles. The number of para-hydroxylation sites is 1. The number of carbonyl (C=O) groups excluding carboxylic acids is 3. The summed E-state index contributed by atoms with van der Waals surface area (Å²) in [6.45, 7) is 14.8. The smallest absolute Gasteiger partial charge is 0.408 e. The molecule has 200 valence electrons. The summed E-state index contributed by atoms with van der Waals surface area (Å²) in [5.74, 6) is -0.902. The molecule has 8 nitrogen and oxygen atoms in total. The number of carbonyl (C=O) groups is 3. The van der Waals surface area contributed by atoms with Crippen LogP contribution in [0.15, 0.2) is 61.2 Å². The predicted molar refractivity (Wildman–Crippen MR) is 145 cm³/mol. The molecule has 2 unspecified atom stereocenters. The molecule has 0 saturated carbocycles. The number of hydrogen-bond acceptors (Lipinski definition) is 5. The minimum atomic E-state index is -1.10. The van der Waals surface area contributed by atoms with Gasteiger partial charge in [0.2, 0.25) is 5.91 Å². The maximum atomic E-state index is 14.0. The lowest BCUT2D eigenvalue weighted by Gasteiger charge is -2.34. The van der Waals surface area contributed by atoms with Gasteiger partial charge in [0.25, 0.3) is 5.91 Å². The van der Waals surface area contributed by atoms with Gasteiger partial charge in [-0.1, -0.05) is 50.3 Å². The predicted octanol–water partition coefficient (Wildman–Crippen LogP) is 5.33. The van der Waals surface area contributed by atoms with E-state index >= 15 is 0 Å². The molecule has 0 spiro atoms. The highest BCUT2D eigenvalue weighted by Gasteiger charge is 2.36. The number of rotatable bonds is 10. The van der Waals surface area contributed by atoms with Crippen molar-refractivity contribution in [1.29, 1.82) is 0 Å². The first kappa shape index (κ1) is 29.4. The summed E-state index contributed by atoms with van der Waals surface area (Å²) in [6.07, 6.45) is 1.13. The van der Waals surface area contributed by atoms with Crippen molar-refractivity contribution in [3.05, 3.63) is 72.3 Å². The van der Waals surface area contributed by atoms with E-state index in [9.17, 15) is 19.5 Å². The number of anilines is 1. The molecule has 2 atom stereocenters. The van der Waals surface area contributed by atoms with E-state index < -0.39 is 35.6 Å². The van der Waals surface area contributed by atoms with E-state index in [1.54, 1.807) is 39.0 Å². The third-order valence-electron chi connectivity index (χ3n) is 5.45. The van der Waals surface area contributed by atoms with Gasteiger partial charge in [-0.3, -0.25) is 9.59 Å². The van der Waals surface area contributed by atoms with Crippen molar-refractivity contribution in [3.8, 4) is 5.75 Å². The highest BCUT2D eigenvalue weighted by Crippen LogP contribution is 2.28. The molecule has 0 fully saturated rings. The minimum absolute atomic E-state index is 0.0327. The zero-order valence-corrected chi connectivity index (χ0v) is 22.6. The lowest BCUT2D eigenvalue weighted by molar-refractivity contribution is -0.140. The molecule has 3 N–H and O–H groups in total. The zero-order chi connectivity index (χ0) is 27.8. The van der Waals surface area contributed by atoms with Gasteiger partial charge in [-0.2, -0.15) is 0 Å². The second-order valence-electron chi connectivity index (χ2n) is 10.4. The van der Waals surface area contributed by atoms with E-state index in [-0.39, 0.29) is 18.2 Å². The van der Waals surface area contributed by atoms with Crippen LogP contribution in [0.2, 0.25) is 0 Å². The van der Waals surface area contributed by atoms with Crippen molar-refractivity contribution >= 4 is 23.6 Å². The fraction of sp³-hybridized carbons (Fsp3) is 0.414. The van der Waals surface area contributed by atoms with Crippen molar-refractivity contribution in [3.63, 3.8) is 0 Å². The monoisotopic (exact) mass is 509 g/mol. The van der Waals surface area contributed by atoms with Crippen molar-refractivity contribution in [2.45, 2.75) is 65.6 Å². The molecular formula is C29H39N3O5. The van der Waals surface area contributed by atoms with Gasteiger partial charge in [0.05, 0.1) is 0 Å². The average Bonchev–Trinajstić information content (AvgIpc) is 2.78. The second-order valence-corrected chi connectivity index (χ2v) is 10.4. The minimum Gasteiger partial charge on any atom is -0.508 e. The summed E-state index contributed by atoms with van der Waals surface area (Å²) in [7, 11) is 0. The summed E-state index contributed by atoms with van der Waals surface area (Å²) in [5, 5.41) is 15.8. The summed E-state index contributed by atoms with van der Waals surface area (Å²) in [6, 6.07) is 11.5. The van der Waals surface area contributed by atoms with Gasteiger partial charge in [-0.15, -0.1) is 6.58 Å². The van der Waals surface area contributed by atoms with Crippen LogP contribution in [-0.4, -0.2) is 46.1 Å². The number of aromatic hydroxyl groups is 1. The Kier molecular flexibility index (Phi) is 10.3. The van der Waals surface area contributed by atoms with E-state index in [4.69, 9.17) is 4.74 Å². The Labute approximate surface area is 219 Å². The highest BCUT2D eigenvalue weighted by molar-refractivity contribution is 5.99. The highest BCUT2D eigenvalue weighted by atomic mass is 16.6. The van der Waals surface area contributed by atoms with Gasteiger partial charge in [-0.25, -0.2) is 4.79 Å². The number of benzene rings is 2. The summed E-state index contributed by atoms with van der Waals surface area (Å²) >= 11 is 0. The van der Waals surface area contributed by atoms with Crippen LogP contribution in [-0.2, 0) is 14.3 Å². The molecule has 8 heteroatoms. The van der Waals surface area contributed by atoms with E-state index in [1.165, 1.54) is 23.1 Å². The van der Waals surface area contributed by atoms with Crippen molar-refractivity contribution < 1.29 is 24.2 Å². The van der Waals surface area contributed by atoms with Crippen LogP contribution in [0, 0.1) is 12.8 Å². The molecule has 2 rings (SSSR count). The van der Waals surface area contributed by atoms with Crippen LogP contribution in [0.5, 0.6) is 5.75 Å². The molecule has 2 aromatic rings. The number of nitrogens with one attached hydrogen (secondary N) is 2. The third kappa shape index (κ3) is 8.97. The number of hydrogen-bond donors (Lipinski definition) is 3. The van der Waals surface area contributed by atoms with Crippen LogP contribution in [0.25, 0.3) is 0 Å². The van der Waals surface area contributed by atoms with Gasteiger partial charge in [-0.05, 0) is 69.4 Å². The first-order valence-electron chi connectivity index (χ1n) is 12.4. The molecule has 0 aliphatic rings. The first-order valence-corrected chi connectivity index (χ1v) is 12.4. The quantitative estimate of drug-likeness (QED) is 0.375. The molecule has 0 heterocycles. The fourth-order valence-corrected chi connectivity index (χ4v) is 3.89. The molecular weight excluding hydrogens is 470 g/mol. The van der Waals surface area contributed by atoms with E-state index in [1.807, 2.05) is 39.0 Å². The lowest BCUT2D eigenvalue weighted by atomic mass is 9.99. The third-order valence-corrected chi connectivity index (χ3v) is 5.45. The van der Waals surface area contributed by atoms with Gasteiger partial charge in [0.1, 0.15) is 23.4 Å². The molecule has 0 aromatic heterocycles.